The van der Waals surface area contributed by atoms with E-state index in [0.717, 1.165) is 0 Å². The molecule has 6 heteroatoms. The van der Waals surface area contributed by atoms with Gasteiger partial charge in [0.15, 0.2) is 0 Å². The van der Waals surface area contributed by atoms with Gasteiger partial charge in [0, 0.05) is 12.3 Å². The van der Waals surface area contributed by atoms with Crippen LogP contribution in [0.15, 0.2) is 23.1 Å². The van der Waals surface area contributed by atoms with Gasteiger partial charge in [0.05, 0.1) is 16.4 Å². The molecular weight excluding hydrogens is 228 g/mol. The minimum atomic E-state index is -0.405. The lowest BCUT2D eigenvalue weighted by Gasteiger charge is -2.10. The van der Waals surface area contributed by atoms with Gasteiger partial charge in [0.25, 0.3) is 0 Å². The van der Waals surface area contributed by atoms with Crippen molar-refractivity contribution in [2.24, 2.45) is 0 Å². The summed E-state index contributed by atoms with van der Waals surface area (Å²) in [5.74, 6) is 0. The zero-order valence-corrected chi connectivity index (χ0v) is 9.95. The summed E-state index contributed by atoms with van der Waals surface area (Å²) >= 11 is 1.30. The van der Waals surface area contributed by atoms with Crippen molar-refractivity contribution >= 4 is 23.1 Å². The van der Waals surface area contributed by atoms with Crippen molar-refractivity contribution in [1.82, 2.24) is 0 Å². The first kappa shape index (κ1) is 12.8. The minimum absolute atomic E-state index is 0.00833. The maximum atomic E-state index is 11.0. The molecule has 1 unspecified atom stereocenters. The molecule has 0 aromatic heterocycles. The molecule has 0 heterocycles. The predicted octanol–water partition coefficient (Wildman–Crippen LogP) is 2.11. The largest absolute Gasteiger partial charge is 0.395 e. The van der Waals surface area contributed by atoms with Gasteiger partial charge in [-0.05, 0) is 12.1 Å². The van der Waals surface area contributed by atoms with E-state index in [2.05, 4.69) is 5.32 Å². The monoisotopic (exact) mass is 242 g/mol. The van der Waals surface area contributed by atoms with Crippen LogP contribution in [-0.2, 0) is 0 Å². The number of para-hydroxylation sites is 1. The molecule has 2 N–H and O–H groups in total. The van der Waals surface area contributed by atoms with E-state index >= 15 is 0 Å². The Balaban J connectivity index is 3.12. The van der Waals surface area contributed by atoms with Crippen molar-refractivity contribution in [1.29, 1.82) is 0 Å². The Kier molecular flexibility index (Phi) is 4.57. The molecule has 1 rings (SSSR count). The van der Waals surface area contributed by atoms with E-state index in [9.17, 15) is 10.1 Å². The van der Waals surface area contributed by atoms with Crippen LogP contribution in [0.3, 0.4) is 0 Å². The third-order valence-electron chi connectivity index (χ3n) is 2.04. The number of aliphatic hydroxyl groups excluding tert-OH is 1. The van der Waals surface area contributed by atoms with E-state index in [-0.39, 0.29) is 17.5 Å². The number of nitro benzene ring substituents is 1. The Bertz CT molecular complexity index is 384. The molecule has 0 aliphatic carbocycles. The molecule has 0 amide bonds. The number of aliphatic hydroxyl groups is 1. The third kappa shape index (κ3) is 2.86. The van der Waals surface area contributed by atoms with Gasteiger partial charge < -0.3 is 10.4 Å². The summed E-state index contributed by atoms with van der Waals surface area (Å²) in [6, 6.07) is 5.10. The number of rotatable bonds is 5. The van der Waals surface area contributed by atoms with Crippen LogP contribution in [0.4, 0.5) is 11.4 Å². The first-order valence-electron chi connectivity index (χ1n) is 4.82. The summed E-state index contributed by atoms with van der Waals surface area (Å²) in [6.45, 7) is 1.81. The molecule has 1 aromatic rings. The molecule has 0 radical (unpaired) electrons. The Morgan fingerprint density at radius 2 is 2.31 bits per heavy atom. The van der Waals surface area contributed by atoms with Gasteiger partial charge >= 0.3 is 5.69 Å². The lowest BCUT2D eigenvalue weighted by molar-refractivity contribution is -0.386. The van der Waals surface area contributed by atoms with E-state index in [4.69, 9.17) is 5.11 Å². The topological polar surface area (TPSA) is 75.4 Å². The molecule has 0 aliphatic rings. The Morgan fingerprint density at radius 1 is 1.62 bits per heavy atom. The summed E-state index contributed by atoms with van der Waals surface area (Å²) < 4.78 is 0. The van der Waals surface area contributed by atoms with E-state index in [1.807, 2.05) is 6.92 Å². The van der Waals surface area contributed by atoms with Gasteiger partial charge in [0.1, 0.15) is 5.69 Å². The van der Waals surface area contributed by atoms with E-state index in [1.54, 1.807) is 25.2 Å². The lowest BCUT2D eigenvalue weighted by Crippen LogP contribution is -2.04. The second-order valence-corrected chi connectivity index (χ2v) is 4.75. The Labute approximate surface area is 98.0 Å². The molecule has 16 heavy (non-hydrogen) atoms. The van der Waals surface area contributed by atoms with Crippen molar-refractivity contribution < 1.29 is 10.0 Å². The maximum Gasteiger partial charge on any atom is 0.305 e. The average Bonchev–Trinajstić information content (AvgIpc) is 2.28. The van der Waals surface area contributed by atoms with E-state index < -0.39 is 4.92 Å². The minimum Gasteiger partial charge on any atom is -0.395 e. The van der Waals surface area contributed by atoms with Crippen molar-refractivity contribution in [3.63, 3.8) is 0 Å². The highest BCUT2D eigenvalue weighted by molar-refractivity contribution is 8.00. The fourth-order valence-corrected chi connectivity index (χ4v) is 2.22. The Morgan fingerprint density at radius 3 is 2.81 bits per heavy atom. The van der Waals surface area contributed by atoms with Gasteiger partial charge in [-0.1, -0.05) is 13.0 Å². The maximum absolute atomic E-state index is 11.0. The van der Waals surface area contributed by atoms with Gasteiger partial charge in [0.2, 0.25) is 0 Å². The normalized spacial score (nSPS) is 12.2. The molecule has 5 nitrogen and oxygen atoms in total. The fraction of sp³-hybridized carbons (Fsp3) is 0.400. The van der Waals surface area contributed by atoms with Crippen molar-refractivity contribution in [3.05, 3.63) is 28.3 Å². The standard InChI is InChI=1S/C10H14N2O3S/c1-7(6-13)16-9-5-3-4-8(11-2)10(9)12(14)15/h3-5,7,11,13H,6H2,1-2H3. The van der Waals surface area contributed by atoms with Crippen molar-refractivity contribution in [2.45, 2.75) is 17.1 Å². The first-order chi connectivity index (χ1) is 7.60. The number of benzene rings is 1. The van der Waals surface area contributed by atoms with Crippen LogP contribution in [0.2, 0.25) is 0 Å². The highest BCUT2D eigenvalue weighted by Gasteiger charge is 2.20. The molecule has 0 aliphatic heterocycles. The number of nitro groups is 1. The fourth-order valence-electron chi connectivity index (χ4n) is 1.26. The van der Waals surface area contributed by atoms with Crippen LogP contribution < -0.4 is 5.32 Å². The lowest BCUT2D eigenvalue weighted by atomic mass is 10.2. The third-order valence-corrected chi connectivity index (χ3v) is 3.17. The molecule has 0 spiro atoms. The summed E-state index contributed by atoms with van der Waals surface area (Å²) in [4.78, 5) is 11.1. The molecule has 0 bridgehead atoms. The predicted molar refractivity (Wildman–Crippen MR) is 65.0 cm³/mol. The SMILES string of the molecule is CNc1cccc(SC(C)CO)c1[N+](=O)[O-]. The highest BCUT2D eigenvalue weighted by Crippen LogP contribution is 2.37. The molecule has 0 saturated heterocycles. The molecule has 0 fully saturated rings. The van der Waals surface area contributed by atoms with Crippen LogP contribution in [0.1, 0.15) is 6.92 Å². The van der Waals surface area contributed by atoms with E-state index in [1.165, 1.54) is 11.8 Å². The molecule has 1 atom stereocenters. The number of nitrogens with one attached hydrogen (secondary N) is 1. The second-order valence-electron chi connectivity index (χ2n) is 3.27. The summed E-state index contributed by atoms with van der Waals surface area (Å²) in [7, 11) is 1.65. The zero-order valence-electron chi connectivity index (χ0n) is 9.14. The second kappa shape index (κ2) is 5.72. The van der Waals surface area contributed by atoms with Gasteiger partial charge in [-0.3, -0.25) is 10.1 Å². The summed E-state index contributed by atoms with van der Waals surface area (Å²) in [5, 5.41) is 22.6. The zero-order chi connectivity index (χ0) is 12.1. The smallest absolute Gasteiger partial charge is 0.305 e. The number of hydrogen-bond donors (Lipinski definition) is 2. The molecular formula is C10H14N2O3S. The molecule has 1 aromatic carbocycles. The van der Waals surface area contributed by atoms with Crippen LogP contribution in [0, 0.1) is 10.1 Å². The number of hydrogen-bond acceptors (Lipinski definition) is 5. The van der Waals surface area contributed by atoms with Crippen LogP contribution in [0.5, 0.6) is 0 Å². The van der Waals surface area contributed by atoms with Crippen molar-refractivity contribution in [3.8, 4) is 0 Å². The molecule has 88 valence electrons. The van der Waals surface area contributed by atoms with Crippen LogP contribution in [-0.4, -0.2) is 28.9 Å². The number of thioether (sulfide) groups is 1. The number of nitrogens with zero attached hydrogens (tertiary/aromatic N) is 1. The first-order valence-corrected chi connectivity index (χ1v) is 5.70. The van der Waals surface area contributed by atoms with E-state index in [0.29, 0.717) is 10.6 Å². The van der Waals surface area contributed by atoms with Gasteiger partial charge in [-0.2, -0.15) is 0 Å². The van der Waals surface area contributed by atoms with Crippen LogP contribution in [0.25, 0.3) is 0 Å². The number of anilines is 1. The Hall–Kier alpha value is -1.27. The van der Waals surface area contributed by atoms with Crippen LogP contribution >= 0.6 is 11.8 Å². The highest BCUT2D eigenvalue weighted by atomic mass is 32.2. The summed E-state index contributed by atoms with van der Waals surface area (Å²) in [5.41, 5.74) is 0.551. The molecule has 0 saturated carbocycles. The van der Waals surface area contributed by atoms with Crippen molar-refractivity contribution in [2.75, 3.05) is 19.0 Å². The van der Waals surface area contributed by atoms with Gasteiger partial charge in [-0.25, -0.2) is 0 Å². The van der Waals surface area contributed by atoms with Gasteiger partial charge in [-0.15, -0.1) is 11.8 Å². The average molecular weight is 242 g/mol. The summed E-state index contributed by atoms with van der Waals surface area (Å²) in [6.07, 6.45) is 0. The quantitative estimate of drug-likeness (QED) is 0.470.